The lowest BCUT2D eigenvalue weighted by Gasteiger charge is -2.43. The molecule has 2 amide bonds. The van der Waals surface area contributed by atoms with Gasteiger partial charge in [-0.1, -0.05) is 0 Å². The highest BCUT2D eigenvalue weighted by molar-refractivity contribution is 5.86. The molecule has 1 saturated heterocycles. The molecule has 0 aliphatic carbocycles. The number of amides is 2. The van der Waals surface area contributed by atoms with Crippen molar-refractivity contribution in [3.63, 3.8) is 0 Å². The van der Waals surface area contributed by atoms with Crippen LogP contribution in [0.5, 0.6) is 0 Å². The van der Waals surface area contributed by atoms with Crippen LogP contribution in [0.3, 0.4) is 0 Å². The van der Waals surface area contributed by atoms with Gasteiger partial charge in [0, 0.05) is 13.6 Å². The van der Waals surface area contributed by atoms with E-state index in [0.29, 0.717) is 13.0 Å². The summed E-state index contributed by atoms with van der Waals surface area (Å²) in [7, 11) is 1.58. The Bertz CT molecular complexity index is 364. The van der Waals surface area contributed by atoms with E-state index in [1.165, 1.54) is 9.80 Å². The number of aliphatic hydroxyl groups is 1. The van der Waals surface area contributed by atoms with Gasteiger partial charge in [-0.3, -0.25) is 0 Å². The Kier molecular flexibility index (Phi) is 4.45. The van der Waals surface area contributed by atoms with Gasteiger partial charge in [0.05, 0.1) is 12.1 Å². The third kappa shape index (κ3) is 3.59. The number of carboxylic acid groups (broad SMARTS) is 1. The number of likely N-dealkylation sites (N-methyl/N-ethyl adjacent to an activating group) is 1. The van der Waals surface area contributed by atoms with E-state index in [2.05, 4.69) is 0 Å². The summed E-state index contributed by atoms with van der Waals surface area (Å²) < 4.78 is 0. The van der Waals surface area contributed by atoms with Crippen LogP contribution in [-0.2, 0) is 4.79 Å². The quantitative estimate of drug-likeness (QED) is 0.807. The van der Waals surface area contributed by atoms with E-state index in [0.717, 1.165) is 12.8 Å². The fourth-order valence-electron chi connectivity index (χ4n) is 2.50. The van der Waals surface area contributed by atoms with Gasteiger partial charge in [0.2, 0.25) is 0 Å². The Balaban J connectivity index is 2.86. The molecule has 0 bridgehead atoms. The third-order valence-corrected chi connectivity index (χ3v) is 3.53. The van der Waals surface area contributed by atoms with Crippen LogP contribution in [0.4, 0.5) is 4.79 Å². The lowest BCUT2D eigenvalue weighted by Crippen LogP contribution is -2.61. The molecule has 6 nitrogen and oxygen atoms in total. The molecular formula is C13H24N2O4. The number of rotatable bonds is 3. The molecular weight excluding hydrogens is 248 g/mol. The molecule has 6 heteroatoms. The van der Waals surface area contributed by atoms with E-state index < -0.39 is 17.1 Å². The maximum absolute atomic E-state index is 12.4. The second-order valence-electron chi connectivity index (χ2n) is 6.14. The topological polar surface area (TPSA) is 81.1 Å². The third-order valence-electron chi connectivity index (χ3n) is 3.53. The number of likely N-dealkylation sites (tertiary alicyclic amines) is 1. The van der Waals surface area contributed by atoms with E-state index in [1.54, 1.807) is 27.8 Å². The number of hydrogen-bond donors (Lipinski definition) is 2. The van der Waals surface area contributed by atoms with Crippen LogP contribution in [0, 0.1) is 0 Å². The molecule has 0 spiro atoms. The van der Waals surface area contributed by atoms with Crippen molar-refractivity contribution in [2.45, 2.75) is 51.2 Å². The molecule has 1 aliphatic rings. The van der Waals surface area contributed by atoms with Crippen molar-refractivity contribution < 1.29 is 19.8 Å². The number of urea groups is 1. The van der Waals surface area contributed by atoms with Crippen molar-refractivity contribution in [2.75, 3.05) is 20.1 Å². The fraction of sp³-hybridized carbons (Fsp3) is 0.846. The lowest BCUT2D eigenvalue weighted by molar-refractivity contribution is -0.150. The Labute approximate surface area is 114 Å². The zero-order valence-electron chi connectivity index (χ0n) is 12.1. The Hall–Kier alpha value is -1.30. The standard InChI is InChI=1S/C13H24N2O4/c1-12(2,19)9-14(4)11(18)15-8-6-5-7-13(15,3)10(16)17/h19H,5-9H2,1-4H3,(H,16,17). The van der Waals surface area contributed by atoms with Crippen LogP contribution in [0.2, 0.25) is 0 Å². The highest BCUT2D eigenvalue weighted by Crippen LogP contribution is 2.29. The molecule has 2 N–H and O–H groups in total. The Morgan fingerprint density at radius 3 is 2.42 bits per heavy atom. The van der Waals surface area contributed by atoms with Gasteiger partial charge in [-0.2, -0.15) is 0 Å². The van der Waals surface area contributed by atoms with Gasteiger partial charge < -0.3 is 20.0 Å². The summed E-state index contributed by atoms with van der Waals surface area (Å²) in [5, 5.41) is 19.1. The van der Waals surface area contributed by atoms with Gasteiger partial charge in [-0.15, -0.1) is 0 Å². The summed E-state index contributed by atoms with van der Waals surface area (Å²) in [6.45, 7) is 5.42. The number of carbonyl (C=O) groups excluding carboxylic acids is 1. The summed E-state index contributed by atoms with van der Waals surface area (Å²) in [4.78, 5) is 26.6. The van der Waals surface area contributed by atoms with E-state index in [-0.39, 0.29) is 12.6 Å². The monoisotopic (exact) mass is 272 g/mol. The maximum atomic E-state index is 12.4. The molecule has 1 heterocycles. The van der Waals surface area contributed by atoms with Crippen LogP contribution >= 0.6 is 0 Å². The van der Waals surface area contributed by atoms with Gasteiger partial charge in [0.1, 0.15) is 5.54 Å². The van der Waals surface area contributed by atoms with Crippen molar-refractivity contribution >= 4 is 12.0 Å². The van der Waals surface area contributed by atoms with E-state index in [4.69, 9.17) is 0 Å². The second-order valence-corrected chi connectivity index (χ2v) is 6.14. The zero-order chi connectivity index (χ0) is 14.8. The molecule has 1 fully saturated rings. The highest BCUT2D eigenvalue weighted by atomic mass is 16.4. The van der Waals surface area contributed by atoms with Crippen molar-refractivity contribution in [3.8, 4) is 0 Å². The number of carboxylic acids is 1. The predicted octanol–water partition coefficient (Wildman–Crippen LogP) is 1.14. The number of hydrogen-bond acceptors (Lipinski definition) is 3. The average Bonchev–Trinajstić information content (AvgIpc) is 2.26. The highest BCUT2D eigenvalue weighted by Gasteiger charge is 2.45. The largest absolute Gasteiger partial charge is 0.480 e. The number of piperidine rings is 1. The minimum absolute atomic E-state index is 0.165. The maximum Gasteiger partial charge on any atom is 0.329 e. The molecule has 0 radical (unpaired) electrons. The zero-order valence-corrected chi connectivity index (χ0v) is 12.1. The molecule has 0 aromatic rings. The smallest absolute Gasteiger partial charge is 0.329 e. The minimum atomic E-state index is -1.15. The van der Waals surface area contributed by atoms with E-state index in [9.17, 15) is 19.8 Å². The van der Waals surface area contributed by atoms with Gasteiger partial charge in [0.15, 0.2) is 0 Å². The van der Waals surface area contributed by atoms with Crippen LogP contribution < -0.4 is 0 Å². The minimum Gasteiger partial charge on any atom is -0.480 e. The molecule has 0 aromatic heterocycles. The van der Waals surface area contributed by atoms with Gasteiger partial charge in [-0.25, -0.2) is 9.59 Å². The first kappa shape index (κ1) is 15.8. The summed E-state index contributed by atoms with van der Waals surface area (Å²) in [6.07, 6.45) is 2.08. The SMILES string of the molecule is CN(CC(C)(C)O)C(=O)N1CCCCC1(C)C(=O)O. The summed E-state index contributed by atoms with van der Waals surface area (Å²) >= 11 is 0. The number of aliphatic carboxylic acids is 1. The molecule has 0 aromatic carbocycles. The van der Waals surface area contributed by atoms with Gasteiger partial charge in [0.25, 0.3) is 0 Å². The Morgan fingerprint density at radius 2 is 1.95 bits per heavy atom. The van der Waals surface area contributed by atoms with Crippen molar-refractivity contribution in [3.05, 3.63) is 0 Å². The first-order valence-electron chi connectivity index (χ1n) is 6.56. The van der Waals surface area contributed by atoms with Crippen molar-refractivity contribution in [2.24, 2.45) is 0 Å². The molecule has 1 rings (SSSR count). The summed E-state index contributed by atoms with van der Waals surface area (Å²) in [5.41, 5.74) is -2.15. The van der Waals surface area contributed by atoms with Crippen LogP contribution in [0.25, 0.3) is 0 Å². The van der Waals surface area contributed by atoms with Crippen LogP contribution in [0.15, 0.2) is 0 Å². The van der Waals surface area contributed by atoms with Crippen molar-refractivity contribution in [1.29, 1.82) is 0 Å². The second kappa shape index (κ2) is 5.36. The molecule has 19 heavy (non-hydrogen) atoms. The summed E-state index contributed by atoms with van der Waals surface area (Å²) in [6, 6.07) is -0.341. The van der Waals surface area contributed by atoms with Crippen LogP contribution in [-0.4, -0.2) is 63.3 Å². The molecule has 1 atom stereocenters. The lowest BCUT2D eigenvalue weighted by atomic mass is 9.89. The summed E-state index contributed by atoms with van der Waals surface area (Å²) in [5.74, 6) is -0.975. The van der Waals surface area contributed by atoms with E-state index in [1.807, 2.05) is 0 Å². The van der Waals surface area contributed by atoms with Crippen LogP contribution in [0.1, 0.15) is 40.0 Å². The number of nitrogens with zero attached hydrogens (tertiary/aromatic N) is 2. The predicted molar refractivity (Wildman–Crippen MR) is 70.9 cm³/mol. The molecule has 0 saturated carbocycles. The first-order valence-corrected chi connectivity index (χ1v) is 6.56. The average molecular weight is 272 g/mol. The van der Waals surface area contributed by atoms with Gasteiger partial charge >= 0.3 is 12.0 Å². The van der Waals surface area contributed by atoms with Crippen molar-refractivity contribution in [1.82, 2.24) is 9.80 Å². The van der Waals surface area contributed by atoms with E-state index >= 15 is 0 Å². The molecule has 1 aliphatic heterocycles. The first-order chi connectivity index (χ1) is 8.58. The normalized spacial score (nSPS) is 24.2. The number of carbonyl (C=O) groups is 2. The molecule has 1 unspecified atom stereocenters. The molecule has 110 valence electrons. The Morgan fingerprint density at radius 1 is 1.37 bits per heavy atom. The van der Waals surface area contributed by atoms with Gasteiger partial charge in [-0.05, 0) is 40.0 Å². The fourth-order valence-corrected chi connectivity index (χ4v) is 2.50.